The van der Waals surface area contributed by atoms with Gasteiger partial charge >= 0.3 is 5.97 Å². The molecule has 1 aromatic carbocycles. The van der Waals surface area contributed by atoms with Crippen molar-refractivity contribution < 1.29 is 14.6 Å². The van der Waals surface area contributed by atoms with Gasteiger partial charge in [0.05, 0.1) is 6.42 Å². The number of hydrogen-bond acceptors (Lipinski definition) is 2. The van der Waals surface area contributed by atoms with E-state index in [0.29, 0.717) is 0 Å². The van der Waals surface area contributed by atoms with Gasteiger partial charge in [-0.05, 0) is 55.7 Å². The van der Waals surface area contributed by atoms with Crippen molar-refractivity contribution >= 4 is 5.97 Å². The zero-order valence-corrected chi connectivity index (χ0v) is 10.4. The van der Waals surface area contributed by atoms with Gasteiger partial charge in [-0.25, -0.2) is 0 Å². The summed E-state index contributed by atoms with van der Waals surface area (Å²) in [5, 5.41) is 8.81. The number of fused-ring (bicyclic) bond motifs is 1. The van der Waals surface area contributed by atoms with Gasteiger partial charge in [0.2, 0.25) is 0 Å². The number of carboxylic acid groups (broad SMARTS) is 1. The lowest BCUT2D eigenvalue weighted by molar-refractivity contribution is -0.136. The summed E-state index contributed by atoms with van der Waals surface area (Å²) in [6, 6.07) is 5.82. The predicted octanol–water partition coefficient (Wildman–Crippen LogP) is 2.95. The van der Waals surface area contributed by atoms with Gasteiger partial charge in [-0.3, -0.25) is 4.79 Å². The summed E-state index contributed by atoms with van der Waals surface area (Å²) >= 11 is 0. The topological polar surface area (TPSA) is 46.5 Å². The largest absolute Gasteiger partial charge is 0.487 e. The summed E-state index contributed by atoms with van der Waals surface area (Å²) in [6.45, 7) is 0. The molecule has 0 saturated heterocycles. The molecule has 0 aromatic heterocycles. The second kappa shape index (κ2) is 4.30. The van der Waals surface area contributed by atoms with E-state index in [2.05, 4.69) is 0 Å². The second-order valence-corrected chi connectivity index (χ2v) is 5.50. The first-order chi connectivity index (χ1) is 8.67. The molecule has 1 aliphatic heterocycles. The summed E-state index contributed by atoms with van der Waals surface area (Å²) in [5.74, 6) is 0.191. The molecule has 0 amide bonds. The highest BCUT2D eigenvalue weighted by molar-refractivity contribution is 5.70. The Balaban J connectivity index is 1.83. The lowest BCUT2D eigenvalue weighted by Crippen LogP contribution is -2.36. The number of carbonyl (C=O) groups is 1. The van der Waals surface area contributed by atoms with Crippen molar-refractivity contribution in [2.75, 3.05) is 0 Å². The fourth-order valence-corrected chi connectivity index (χ4v) is 3.23. The number of rotatable bonds is 2. The van der Waals surface area contributed by atoms with Crippen LogP contribution in [0, 0.1) is 0 Å². The molecule has 3 nitrogen and oxygen atoms in total. The van der Waals surface area contributed by atoms with Crippen LogP contribution in [0.15, 0.2) is 18.2 Å². The molecule has 0 unspecified atom stereocenters. The van der Waals surface area contributed by atoms with E-state index in [1.165, 1.54) is 31.2 Å². The van der Waals surface area contributed by atoms with E-state index >= 15 is 0 Å². The molecule has 1 saturated carbocycles. The number of benzene rings is 1. The minimum absolute atomic E-state index is 0.0846. The monoisotopic (exact) mass is 246 g/mol. The third-order valence-corrected chi connectivity index (χ3v) is 4.17. The van der Waals surface area contributed by atoms with E-state index in [0.717, 1.165) is 24.2 Å². The van der Waals surface area contributed by atoms with Crippen molar-refractivity contribution in [3.63, 3.8) is 0 Å². The molecule has 0 atom stereocenters. The molecule has 18 heavy (non-hydrogen) atoms. The number of aryl methyl sites for hydroxylation is 1. The number of hydrogen-bond donors (Lipinski definition) is 1. The molecule has 1 aliphatic carbocycles. The van der Waals surface area contributed by atoms with Gasteiger partial charge in [0.15, 0.2) is 0 Å². The Hall–Kier alpha value is -1.51. The highest BCUT2D eigenvalue weighted by atomic mass is 16.5. The van der Waals surface area contributed by atoms with E-state index < -0.39 is 5.97 Å². The average molecular weight is 246 g/mol. The molecular formula is C15H18O3. The molecule has 1 N–H and O–H groups in total. The smallest absolute Gasteiger partial charge is 0.307 e. The third kappa shape index (κ3) is 2.09. The summed E-state index contributed by atoms with van der Waals surface area (Å²) < 4.78 is 6.19. The first-order valence-electron chi connectivity index (χ1n) is 6.70. The molecule has 1 fully saturated rings. The van der Waals surface area contributed by atoms with Gasteiger partial charge in [0.1, 0.15) is 11.4 Å². The van der Waals surface area contributed by atoms with E-state index in [4.69, 9.17) is 9.84 Å². The third-order valence-electron chi connectivity index (χ3n) is 4.17. The number of aliphatic carboxylic acids is 1. The van der Waals surface area contributed by atoms with Gasteiger partial charge < -0.3 is 9.84 Å². The van der Waals surface area contributed by atoms with E-state index in [9.17, 15) is 4.79 Å². The van der Waals surface area contributed by atoms with E-state index in [1.54, 1.807) is 0 Å². The molecule has 0 bridgehead atoms. The van der Waals surface area contributed by atoms with Gasteiger partial charge in [-0.15, -0.1) is 0 Å². The van der Waals surface area contributed by atoms with E-state index in [-0.39, 0.29) is 12.0 Å². The molecule has 3 rings (SSSR count). The molecule has 1 heterocycles. The Kier molecular flexibility index (Phi) is 2.77. The second-order valence-electron chi connectivity index (χ2n) is 5.50. The summed E-state index contributed by atoms with van der Waals surface area (Å²) in [7, 11) is 0. The quantitative estimate of drug-likeness (QED) is 0.872. The van der Waals surface area contributed by atoms with Crippen LogP contribution in [0.3, 0.4) is 0 Å². The molecule has 96 valence electrons. The summed E-state index contributed by atoms with van der Waals surface area (Å²) in [6.07, 6.45) is 7.07. The highest BCUT2D eigenvalue weighted by Gasteiger charge is 2.38. The predicted molar refractivity (Wildman–Crippen MR) is 67.9 cm³/mol. The maximum atomic E-state index is 10.7. The Morgan fingerprint density at radius 1 is 1.28 bits per heavy atom. The fraction of sp³-hybridized carbons (Fsp3) is 0.533. The van der Waals surface area contributed by atoms with Crippen LogP contribution < -0.4 is 4.74 Å². The molecule has 3 heteroatoms. The summed E-state index contributed by atoms with van der Waals surface area (Å²) in [5.41, 5.74) is 2.12. The van der Waals surface area contributed by atoms with Gasteiger partial charge in [-0.2, -0.15) is 0 Å². The maximum absolute atomic E-state index is 10.7. The Morgan fingerprint density at radius 3 is 2.78 bits per heavy atom. The van der Waals surface area contributed by atoms with Crippen LogP contribution in [-0.4, -0.2) is 16.7 Å². The Bertz CT molecular complexity index is 473. The molecule has 0 radical (unpaired) electrons. The van der Waals surface area contributed by atoms with Crippen molar-refractivity contribution in [2.24, 2.45) is 0 Å². The minimum Gasteiger partial charge on any atom is -0.487 e. The normalized spacial score (nSPS) is 20.4. The summed E-state index contributed by atoms with van der Waals surface area (Å²) in [4.78, 5) is 10.7. The van der Waals surface area contributed by atoms with Crippen LogP contribution in [0.1, 0.15) is 43.2 Å². The van der Waals surface area contributed by atoms with Gasteiger partial charge in [0, 0.05) is 0 Å². The zero-order chi connectivity index (χ0) is 12.6. The van der Waals surface area contributed by atoms with Crippen molar-refractivity contribution in [1.82, 2.24) is 0 Å². The van der Waals surface area contributed by atoms with Crippen molar-refractivity contribution in [2.45, 2.75) is 50.5 Å². The first-order valence-corrected chi connectivity index (χ1v) is 6.70. The number of carboxylic acids is 1. The molecular weight excluding hydrogens is 228 g/mol. The van der Waals surface area contributed by atoms with Crippen LogP contribution in [-0.2, 0) is 17.6 Å². The Morgan fingerprint density at radius 2 is 2.06 bits per heavy atom. The van der Waals surface area contributed by atoms with Crippen LogP contribution in [0.4, 0.5) is 0 Å². The fourth-order valence-electron chi connectivity index (χ4n) is 3.23. The molecule has 1 aromatic rings. The zero-order valence-electron chi connectivity index (χ0n) is 10.4. The molecule has 2 aliphatic rings. The number of ether oxygens (including phenoxy) is 1. The van der Waals surface area contributed by atoms with Crippen LogP contribution in [0.5, 0.6) is 5.75 Å². The van der Waals surface area contributed by atoms with Crippen LogP contribution in [0.2, 0.25) is 0 Å². The van der Waals surface area contributed by atoms with Crippen LogP contribution in [0.25, 0.3) is 0 Å². The van der Waals surface area contributed by atoms with Gasteiger partial charge in [-0.1, -0.05) is 12.1 Å². The van der Waals surface area contributed by atoms with Gasteiger partial charge in [0.25, 0.3) is 0 Å². The van der Waals surface area contributed by atoms with Crippen molar-refractivity contribution in [3.8, 4) is 5.75 Å². The standard InChI is InChI=1S/C15H18O3/c16-14(17)10-11-3-4-13-12(9-11)5-8-15(18-13)6-1-2-7-15/h3-4,9H,1-2,5-8,10H2,(H,16,17). The Labute approximate surface area is 107 Å². The highest BCUT2D eigenvalue weighted by Crippen LogP contribution is 2.43. The lowest BCUT2D eigenvalue weighted by Gasteiger charge is -2.35. The van der Waals surface area contributed by atoms with Crippen molar-refractivity contribution in [1.29, 1.82) is 0 Å². The van der Waals surface area contributed by atoms with Crippen molar-refractivity contribution in [3.05, 3.63) is 29.3 Å². The molecule has 1 spiro atoms. The average Bonchev–Trinajstić information content (AvgIpc) is 2.77. The minimum atomic E-state index is -0.779. The van der Waals surface area contributed by atoms with E-state index in [1.807, 2.05) is 18.2 Å². The SMILES string of the molecule is O=C(O)Cc1ccc2c(c1)CCC1(CCCC1)O2. The maximum Gasteiger partial charge on any atom is 0.307 e. The first kappa shape index (κ1) is 11.6. The van der Waals surface area contributed by atoms with Crippen LogP contribution >= 0.6 is 0 Å². The lowest BCUT2D eigenvalue weighted by atomic mass is 9.89.